The van der Waals surface area contributed by atoms with E-state index >= 15 is 0 Å². The largest absolute Gasteiger partial charge is 0.494 e. The monoisotopic (exact) mass is 456 g/mol. The topological polar surface area (TPSA) is 84.7 Å². The van der Waals surface area contributed by atoms with Gasteiger partial charge in [-0.3, -0.25) is 14.0 Å². The minimum atomic E-state index is -0.739. The van der Waals surface area contributed by atoms with Gasteiger partial charge in [-0.1, -0.05) is 50.2 Å². The SMILES string of the molecule is CCOc1ccc(C(=O)N[C@H](C(=O)Nc2c(-c3ccccc3)nc3ccccn23)C(C)C)cc1. The number of aromatic nitrogens is 2. The highest BCUT2D eigenvalue weighted by atomic mass is 16.5. The predicted molar refractivity (Wildman–Crippen MR) is 133 cm³/mol. The minimum absolute atomic E-state index is 0.133. The van der Waals surface area contributed by atoms with E-state index in [0.717, 1.165) is 11.2 Å². The number of fused-ring (bicyclic) bond motifs is 1. The maximum Gasteiger partial charge on any atom is 0.251 e. The molecule has 0 aliphatic carbocycles. The Balaban J connectivity index is 1.59. The number of nitrogens with zero attached hydrogens (tertiary/aromatic N) is 2. The Morgan fingerprint density at radius 2 is 1.68 bits per heavy atom. The number of rotatable bonds is 8. The molecule has 0 saturated heterocycles. The van der Waals surface area contributed by atoms with Crippen LogP contribution in [0.5, 0.6) is 5.75 Å². The second-order valence-corrected chi connectivity index (χ2v) is 8.25. The minimum Gasteiger partial charge on any atom is -0.494 e. The van der Waals surface area contributed by atoms with Gasteiger partial charge in [-0.05, 0) is 49.2 Å². The molecular formula is C27H28N4O3. The maximum absolute atomic E-state index is 13.4. The van der Waals surface area contributed by atoms with Crippen molar-refractivity contribution in [2.75, 3.05) is 11.9 Å². The first-order valence-corrected chi connectivity index (χ1v) is 11.3. The fourth-order valence-electron chi connectivity index (χ4n) is 3.74. The quantitative estimate of drug-likeness (QED) is 0.399. The van der Waals surface area contributed by atoms with E-state index in [2.05, 4.69) is 10.6 Å². The van der Waals surface area contributed by atoms with Crippen molar-refractivity contribution in [3.05, 3.63) is 84.6 Å². The molecular weight excluding hydrogens is 428 g/mol. The van der Waals surface area contributed by atoms with Crippen molar-refractivity contribution in [1.29, 1.82) is 0 Å². The van der Waals surface area contributed by atoms with Crippen molar-refractivity contribution in [1.82, 2.24) is 14.7 Å². The summed E-state index contributed by atoms with van der Waals surface area (Å²) in [7, 11) is 0. The van der Waals surface area contributed by atoms with Crippen molar-refractivity contribution >= 4 is 23.3 Å². The van der Waals surface area contributed by atoms with Crippen LogP contribution in [0.3, 0.4) is 0 Å². The number of carbonyl (C=O) groups is 2. The Kier molecular flexibility index (Phi) is 6.92. The fourth-order valence-corrected chi connectivity index (χ4v) is 3.74. The molecule has 0 radical (unpaired) electrons. The van der Waals surface area contributed by atoms with Gasteiger partial charge in [0.2, 0.25) is 5.91 Å². The van der Waals surface area contributed by atoms with Gasteiger partial charge in [0.25, 0.3) is 5.91 Å². The lowest BCUT2D eigenvalue weighted by molar-refractivity contribution is -0.118. The van der Waals surface area contributed by atoms with E-state index in [1.54, 1.807) is 24.3 Å². The van der Waals surface area contributed by atoms with Gasteiger partial charge in [-0.25, -0.2) is 4.98 Å². The van der Waals surface area contributed by atoms with Crippen molar-refractivity contribution < 1.29 is 14.3 Å². The third-order valence-corrected chi connectivity index (χ3v) is 5.48. The molecule has 7 nitrogen and oxygen atoms in total. The summed E-state index contributed by atoms with van der Waals surface area (Å²) in [5.74, 6) is 0.493. The molecule has 0 unspecified atom stereocenters. The molecule has 0 aliphatic heterocycles. The van der Waals surface area contributed by atoms with Crippen LogP contribution in [0.25, 0.3) is 16.9 Å². The van der Waals surface area contributed by atoms with Gasteiger partial charge in [0.1, 0.15) is 29.0 Å². The zero-order chi connectivity index (χ0) is 24.1. The molecule has 1 atom stereocenters. The third-order valence-electron chi connectivity index (χ3n) is 5.48. The van der Waals surface area contributed by atoms with Crippen molar-refractivity contribution in [2.45, 2.75) is 26.8 Å². The average molecular weight is 457 g/mol. The molecule has 0 aliphatic rings. The highest BCUT2D eigenvalue weighted by molar-refractivity contribution is 6.02. The first-order chi connectivity index (χ1) is 16.5. The predicted octanol–water partition coefficient (Wildman–Crippen LogP) is 4.79. The smallest absolute Gasteiger partial charge is 0.251 e. The Morgan fingerprint density at radius 3 is 2.35 bits per heavy atom. The molecule has 0 saturated carbocycles. The van der Waals surface area contributed by atoms with E-state index < -0.39 is 6.04 Å². The summed E-state index contributed by atoms with van der Waals surface area (Å²) in [6.45, 7) is 6.25. The van der Waals surface area contributed by atoms with Crippen LogP contribution in [0.4, 0.5) is 5.82 Å². The van der Waals surface area contributed by atoms with E-state index in [1.165, 1.54) is 0 Å². The molecule has 4 rings (SSSR count). The molecule has 174 valence electrons. The van der Waals surface area contributed by atoms with Gasteiger partial charge in [0.15, 0.2) is 0 Å². The molecule has 2 amide bonds. The highest BCUT2D eigenvalue weighted by Crippen LogP contribution is 2.29. The number of ether oxygens (including phenoxy) is 1. The molecule has 2 aromatic carbocycles. The van der Waals surface area contributed by atoms with Crippen LogP contribution in [0.1, 0.15) is 31.1 Å². The van der Waals surface area contributed by atoms with Crippen LogP contribution in [0, 0.1) is 5.92 Å². The first kappa shape index (κ1) is 23.0. The molecule has 7 heteroatoms. The lowest BCUT2D eigenvalue weighted by Gasteiger charge is -2.22. The van der Waals surface area contributed by atoms with Crippen molar-refractivity contribution in [2.24, 2.45) is 5.92 Å². The van der Waals surface area contributed by atoms with Crippen LogP contribution in [-0.4, -0.2) is 33.8 Å². The van der Waals surface area contributed by atoms with Gasteiger partial charge in [-0.15, -0.1) is 0 Å². The number of carbonyl (C=O) groups excluding carboxylic acids is 2. The van der Waals surface area contributed by atoms with E-state index in [0.29, 0.717) is 29.4 Å². The number of amides is 2. The van der Waals surface area contributed by atoms with Crippen LogP contribution in [0.15, 0.2) is 79.0 Å². The van der Waals surface area contributed by atoms with E-state index in [4.69, 9.17) is 9.72 Å². The Hall–Kier alpha value is -4.13. The number of hydrogen-bond acceptors (Lipinski definition) is 4. The third kappa shape index (κ3) is 4.93. The average Bonchev–Trinajstić information content (AvgIpc) is 3.21. The van der Waals surface area contributed by atoms with Crippen molar-refractivity contribution in [3.8, 4) is 17.0 Å². The number of benzene rings is 2. The summed E-state index contributed by atoms with van der Waals surface area (Å²) in [6, 6.07) is 21.5. The van der Waals surface area contributed by atoms with Gasteiger partial charge < -0.3 is 15.4 Å². The first-order valence-electron chi connectivity index (χ1n) is 11.3. The molecule has 0 spiro atoms. The summed E-state index contributed by atoms with van der Waals surface area (Å²) >= 11 is 0. The van der Waals surface area contributed by atoms with Gasteiger partial charge >= 0.3 is 0 Å². The van der Waals surface area contributed by atoms with Crippen LogP contribution in [-0.2, 0) is 4.79 Å². The number of anilines is 1. The second-order valence-electron chi connectivity index (χ2n) is 8.25. The molecule has 0 bridgehead atoms. The van der Waals surface area contributed by atoms with Crippen molar-refractivity contribution in [3.63, 3.8) is 0 Å². The lowest BCUT2D eigenvalue weighted by atomic mass is 10.0. The number of imidazole rings is 1. The van der Waals surface area contributed by atoms with Crippen LogP contribution >= 0.6 is 0 Å². The number of hydrogen-bond donors (Lipinski definition) is 2. The molecule has 2 aromatic heterocycles. The molecule has 0 fully saturated rings. The Labute approximate surface area is 198 Å². The summed E-state index contributed by atoms with van der Waals surface area (Å²) in [5.41, 5.74) is 2.74. The Bertz CT molecular complexity index is 1280. The van der Waals surface area contributed by atoms with E-state index in [9.17, 15) is 9.59 Å². The number of pyridine rings is 1. The summed E-state index contributed by atoms with van der Waals surface area (Å²) in [6.07, 6.45) is 1.85. The van der Waals surface area contributed by atoms with Crippen LogP contribution in [0.2, 0.25) is 0 Å². The van der Waals surface area contributed by atoms with E-state index in [-0.39, 0.29) is 17.7 Å². The standard InChI is InChI=1S/C27H28N4O3/c1-4-34-21-15-13-20(14-16-21)26(32)29-23(18(2)3)27(33)30-25-24(19-10-6-5-7-11-19)28-22-12-8-9-17-31(22)25/h5-18,23H,4H2,1-3H3,(H,29,32)(H,30,33)/t23-/m0/s1. The van der Waals surface area contributed by atoms with E-state index in [1.807, 2.05) is 79.9 Å². The second kappa shape index (κ2) is 10.2. The zero-order valence-electron chi connectivity index (χ0n) is 19.5. The number of nitrogens with one attached hydrogen (secondary N) is 2. The normalized spacial score (nSPS) is 11.9. The Morgan fingerprint density at radius 1 is 0.971 bits per heavy atom. The lowest BCUT2D eigenvalue weighted by Crippen LogP contribution is -2.47. The van der Waals surface area contributed by atoms with Gasteiger partial charge in [0, 0.05) is 17.3 Å². The zero-order valence-corrected chi connectivity index (χ0v) is 19.5. The maximum atomic E-state index is 13.4. The highest BCUT2D eigenvalue weighted by Gasteiger charge is 2.27. The molecule has 4 aromatic rings. The van der Waals surface area contributed by atoms with Crippen LogP contribution < -0.4 is 15.4 Å². The van der Waals surface area contributed by atoms with Gasteiger partial charge in [0.05, 0.1) is 6.61 Å². The molecule has 2 N–H and O–H groups in total. The molecule has 2 heterocycles. The van der Waals surface area contributed by atoms with Gasteiger partial charge in [-0.2, -0.15) is 0 Å². The molecule has 34 heavy (non-hydrogen) atoms. The summed E-state index contributed by atoms with van der Waals surface area (Å²) < 4.78 is 7.27. The summed E-state index contributed by atoms with van der Waals surface area (Å²) in [5, 5.41) is 5.91. The fraction of sp³-hybridized carbons (Fsp3) is 0.222. The summed E-state index contributed by atoms with van der Waals surface area (Å²) in [4.78, 5) is 31.0.